The number of hydrogen-bond acceptors (Lipinski definition) is 3. The maximum atomic E-state index is 13.5. The van der Waals surface area contributed by atoms with Crippen molar-refractivity contribution in [3.63, 3.8) is 0 Å². The van der Waals surface area contributed by atoms with E-state index in [9.17, 15) is 14.3 Å². The molecule has 4 aromatic rings. The van der Waals surface area contributed by atoms with Crippen molar-refractivity contribution in [2.75, 3.05) is 0 Å². The monoisotopic (exact) mass is 425 g/mol. The van der Waals surface area contributed by atoms with Crippen LogP contribution in [0, 0.1) is 12.7 Å². The molecule has 0 spiro atoms. The molecule has 0 aliphatic rings. The molecule has 2 aromatic heterocycles. The van der Waals surface area contributed by atoms with Crippen LogP contribution in [0.1, 0.15) is 15.9 Å². The summed E-state index contributed by atoms with van der Waals surface area (Å²) in [6, 6.07) is 14.7. The van der Waals surface area contributed by atoms with Gasteiger partial charge in [0.25, 0.3) is 0 Å². The van der Waals surface area contributed by atoms with E-state index in [0.717, 1.165) is 15.6 Å². The van der Waals surface area contributed by atoms with Crippen LogP contribution in [0.4, 0.5) is 4.39 Å². The van der Waals surface area contributed by atoms with Crippen LogP contribution in [0.15, 0.2) is 63.5 Å². The van der Waals surface area contributed by atoms with Crippen LogP contribution in [-0.2, 0) is 0 Å². The number of hydrogen-bond donors (Lipinski definition) is 1. The highest BCUT2D eigenvalue weighted by molar-refractivity contribution is 9.10. The van der Waals surface area contributed by atoms with Crippen molar-refractivity contribution in [1.29, 1.82) is 0 Å². The molecule has 0 saturated heterocycles. The first-order valence-electron chi connectivity index (χ1n) is 8.13. The Morgan fingerprint density at radius 3 is 2.59 bits per heavy atom. The molecule has 2 aromatic carbocycles. The van der Waals surface area contributed by atoms with E-state index in [2.05, 4.69) is 20.9 Å². The summed E-state index contributed by atoms with van der Waals surface area (Å²) in [7, 11) is 0. The van der Waals surface area contributed by atoms with Gasteiger partial charge in [0.15, 0.2) is 5.76 Å². The zero-order chi connectivity index (χ0) is 19.1. The minimum Gasteiger partial charge on any atom is -0.478 e. The molecule has 6 heteroatoms. The maximum absolute atomic E-state index is 13.5. The molecule has 0 aliphatic carbocycles. The second-order valence-corrected chi connectivity index (χ2v) is 7.02. The Hall–Kier alpha value is -2.99. The van der Waals surface area contributed by atoms with Crippen LogP contribution in [0.3, 0.4) is 0 Å². The fourth-order valence-electron chi connectivity index (χ4n) is 2.94. The van der Waals surface area contributed by atoms with Gasteiger partial charge in [0.05, 0.1) is 11.1 Å². The van der Waals surface area contributed by atoms with Gasteiger partial charge in [-0.1, -0.05) is 22.0 Å². The summed E-state index contributed by atoms with van der Waals surface area (Å²) >= 11 is 3.53. The van der Waals surface area contributed by atoms with Crippen LogP contribution in [0.5, 0.6) is 0 Å². The molecule has 0 saturated carbocycles. The van der Waals surface area contributed by atoms with E-state index in [1.165, 1.54) is 24.3 Å². The third-order valence-corrected chi connectivity index (χ3v) is 4.91. The Morgan fingerprint density at radius 1 is 1.07 bits per heavy atom. The Kier molecular flexibility index (Phi) is 4.28. The van der Waals surface area contributed by atoms with Crippen LogP contribution in [-0.4, -0.2) is 16.1 Å². The quantitative estimate of drug-likeness (QED) is 0.432. The SMILES string of the molecule is Cc1ccc(-c2ccc(-c3cc(C(=O)O)c4cc(F)ccc4n3)o2)c(Br)c1. The van der Waals surface area contributed by atoms with Crippen molar-refractivity contribution in [1.82, 2.24) is 4.98 Å². The zero-order valence-corrected chi connectivity index (χ0v) is 15.7. The minimum absolute atomic E-state index is 0.0241. The predicted octanol–water partition coefficient (Wildman–Crippen LogP) is 6.07. The van der Waals surface area contributed by atoms with Crippen molar-refractivity contribution in [2.24, 2.45) is 0 Å². The predicted molar refractivity (Wildman–Crippen MR) is 104 cm³/mol. The third kappa shape index (κ3) is 3.24. The van der Waals surface area contributed by atoms with Gasteiger partial charge in [-0.25, -0.2) is 14.2 Å². The van der Waals surface area contributed by atoms with Gasteiger partial charge in [-0.15, -0.1) is 0 Å². The lowest BCUT2D eigenvalue weighted by atomic mass is 10.1. The summed E-state index contributed by atoms with van der Waals surface area (Å²) in [5.74, 6) is -0.590. The highest BCUT2D eigenvalue weighted by Crippen LogP contribution is 2.34. The van der Waals surface area contributed by atoms with Crippen LogP contribution < -0.4 is 0 Å². The van der Waals surface area contributed by atoms with Crippen molar-refractivity contribution in [3.05, 3.63) is 76.0 Å². The van der Waals surface area contributed by atoms with Gasteiger partial charge in [0.1, 0.15) is 17.3 Å². The van der Waals surface area contributed by atoms with Crippen molar-refractivity contribution in [2.45, 2.75) is 6.92 Å². The van der Waals surface area contributed by atoms with Crippen LogP contribution in [0.25, 0.3) is 33.7 Å². The van der Waals surface area contributed by atoms with Crippen LogP contribution >= 0.6 is 15.9 Å². The Labute approximate surface area is 162 Å². The summed E-state index contributed by atoms with van der Waals surface area (Å²) in [6.45, 7) is 2.00. The fraction of sp³-hybridized carbons (Fsp3) is 0.0476. The second-order valence-electron chi connectivity index (χ2n) is 6.17. The number of carboxylic acids is 1. The molecule has 0 unspecified atom stereocenters. The van der Waals surface area contributed by atoms with Crippen molar-refractivity contribution < 1.29 is 18.7 Å². The van der Waals surface area contributed by atoms with E-state index in [0.29, 0.717) is 22.7 Å². The molecule has 134 valence electrons. The summed E-state index contributed by atoms with van der Waals surface area (Å²) in [5, 5.41) is 9.75. The van der Waals surface area contributed by atoms with E-state index in [1.54, 1.807) is 6.07 Å². The first-order valence-corrected chi connectivity index (χ1v) is 8.92. The third-order valence-electron chi connectivity index (χ3n) is 4.25. The summed E-state index contributed by atoms with van der Waals surface area (Å²) in [4.78, 5) is 16.1. The van der Waals surface area contributed by atoms with E-state index in [1.807, 2.05) is 31.2 Å². The zero-order valence-electron chi connectivity index (χ0n) is 14.2. The summed E-state index contributed by atoms with van der Waals surface area (Å²) < 4.78 is 20.3. The number of rotatable bonds is 3. The number of nitrogens with zero attached hydrogens (tertiary/aromatic N) is 1. The topological polar surface area (TPSA) is 63.3 Å². The van der Waals surface area contributed by atoms with Crippen molar-refractivity contribution >= 4 is 32.8 Å². The number of benzene rings is 2. The molecule has 1 N–H and O–H groups in total. The molecule has 0 aliphatic heterocycles. The van der Waals surface area contributed by atoms with E-state index in [-0.39, 0.29) is 10.9 Å². The van der Waals surface area contributed by atoms with Crippen LogP contribution in [0.2, 0.25) is 0 Å². The van der Waals surface area contributed by atoms with Gasteiger partial charge in [-0.05, 0) is 61.0 Å². The Bertz CT molecular complexity index is 1200. The van der Waals surface area contributed by atoms with E-state index < -0.39 is 11.8 Å². The lowest BCUT2D eigenvalue weighted by Gasteiger charge is -2.06. The highest BCUT2D eigenvalue weighted by atomic mass is 79.9. The molecule has 27 heavy (non-hydrogen) atoms. The molecular formula is C21H13BrFNO3. The molecule has 0 radical (unpaired) electrons. The number of aromatic nitrogens is 1. The van der Waals surface area contributed by atoms with Crippen molar-refractivity contribution in [3.8, 4) is 22.8 Å². The largest absolute Gasteiger partial charge is 0.478 e. The second kappa shape index (κ2) is 6.63. The van der Waals surface area contributed by atoms with Gasteiger partial charge < -0.3 is 9.52 Å². The molecule has 0 atom stereocenters. The summed E-state index contributed by atoms with van der Waals surface area (Å²) in [6.07, 6.45) is 0. The Balaban J connectivity index is 1.85. The molecule has 0 amide bonds. The molecule has 4 nitrogen and oxygen atoms in total. The lowest BCUT2D eigenvalue weighted by Crippen LogP contribution is -2.00. The number of pyridine rings is 1. The number of halogens is 2. The number of carbonyl (C=O) groups is 1. The fourth-order valence-corrected chi connectivity index (χ4v) is 3.63. The molecule has 4 rings (SSSR count). The number of aromatic carboxylic acids is 1. The number of fused-ring (bicyclic) bond motifs is 1. The normalized spacial score (nSPS) is 11.1. The smallest absolute Gasteiger partial charge is 0.336 e. The number of carboxylic acid groups (broad SMARTS) is 1. The Morgan fingerprint density at radius 2 is 1.85 bits per heavy atom. The van der Waals surface area contributed by atoms with Gasteiger partial charge in [-0.3, -0.25) is 0 Å². The first-order chi connectivity index (χ1) is 12.9. The summed E-state index contributed by atoms with van der Waals surface area (Å²) in [5.41, 5.74) is 2.74. The maximum Gasteiger partial charge on any atom is 0.336 e. The average Bonchev–Trinajstić information content (AvgIpc) is 3.10. The minimum atomic E-state index is -1.15. The lowest BCUT2D eigenvalue weighted by molar-refractivity contribution is 0.0699. The molecule has 0 fully saturated rings. The molecule has 2 heterocycles. The average molecular weight is 426 g/mol. The molecular weight excluding hydrogens is 413 g/mol. The molecule has 0 bridgehead atoms. The van der Waals surface area contributed by atoms with Gasteiger partial charge in [0, 0.05) is 15.4 Å². The first kappa shape index (κ1) is 17.4. The van der Waals surface area contributed by atoms with E-state index in [4.69, 9.17) is 4.42 Å². The van der Waals surface area contributed by atoms with Gasteiger partial charge in [0.2, 0.25) is 0 Å². The highest BCUT2D eigenvalue weighted by Gasteiger charge is 2.16. The number of aryl methyl sites for hydroxylation is 1. The standard InChI is InChI=1S/C21H13BrFNO3/c1-11-2-4-13(16(22)8-11)19-6-7-20(27-19)18-10-15(21(25)26)14-9-12(23)3-5-17(14)24-18/h2-10H,1H3,(H,25,26). The number of furan rings is 1. The van der Waals surface area contributed by atoms with E-state index >= 15 is 0 Å². The van der Waals surface area contributed by atoms with Gasteiger partial charge >= 0.3 is 5.97 Å². The van der Waals surface area contributed by atoms with Gasteiger partial charge in [-0.2, -0.15) is 0 Å².